The Labute approximate surface area is 161 Å². The molecular formula is C13H13IN4O7S. The molecule has 0 fully saturated rings. The summed E-state index contributed by atoms with van der Waals surface area (Å²) in [5.74, 6) is -0.897. The molecule has 26 heavy (non-hydrogen) atoms. The normalized spacial score (nSPS) is 11.1. The Morgan fingerprint density at radius 2 is 1.92 bits per heavy atom. The predicted molar refractivity (Wildman–Crippen MR) is 95.6 cm³/mol. The molecule has 2 rings (SSSR count). The Balaban J connectivity index is 2.47. The van der Waals surface area contributed by atoms with Crippen molar-refractivity contribution in [3.63, 3.8) is 0 Å². The fraction of sp³-hybridized carbons (Fsp3) is 0.231. The monoisotopic (exact) mass is 496 g/mol. The summed E-state index contributed by atoms with van der Waals surface area (Å²) >= 11 is 1.84. The highest BCUT2D eigenvalue weighted by atomic mass is 127. The van der Waals surface area contributed by atoms with Gasteiger partial charge in [-0.15, -0.1) is 9.78 Å². The minimum Gasteiger partial charge on any atom is -0.467 e. The van der Waals surface area contributed by atoms with Crippen LogP contribution in [0, 0.1) is 3.57 Å². The Morgan fingerprint density at radius 1 is 1.27 bits per heavy atom. The lowest BCUT2D eigenvalue weighted by atomic mass is 10.2. The molecule has 1 aromatic carbocycles. The maximum Gasteiger partial charge on any atom is 0.360 e. The first-order valence-corrected chi connectivity index (χ1v) is 9.33. The van der Waals surface area contributed by atoms with Crippen molar-refractivity contribution in [3.05, 3.63) is 37.8 Å². The van der Waals surface area contributed by atoms with Crippen molar-refractivity contribution in [1.82, 2.24) is 19.1 Å². The average Bonchev–Trinajstić information content (AvgIpc) is 2.88. The van der Waals surface area contributed by atoms with Gasteiger partial charge in [0.2, 0.25) is 0 Å². The molecule has 0 spiro atoms. The third-order valence-electron chi connectivity index (χ3n) is 3.18. The first-order chi connectivity index (χ1) is 12.1. The largest absolute Gasteiger partial charge is 0.467 e. The third-order valence-corrected chi connectivity index (χ3v) is 5.21. The van der Waals surface area contributed by atoms with Crippen LogP contribution in [0.25, 0.3) is 0 Å². The van der Waals surface area contributed by atoms with E-state index in [1.165, 1.54) is 32.4 Å². The molecule has 0 aliphatic heterocycles. The van der Waals surface area contributed by atoms with Gasteiger partial charge in [-0.25, -0.2) is 32.1 Å². The van der Waals surface area contributed by atoms with Gasteiger partial charge in [0.05, 0.1) is 19.8 Å². The molecule has 1 N–H and O–H groups in total. The van der Waals surface area contributed by atoms with E-state index in [0.29, 0.717) is 8.25 Å². The number of esters is 1. The smallest absolute Gasteiger partial charge is 0.360 e. The molecule has 140 valence electrons. The average molecular weight is 496 g/mol. The van der Waals surface area contributed by atoms with Gasteiger partial charge in [-0.05, 0) is 40.8 Å². The van der Waals surface area contributed by atoms with Crippen LogP contribution in [0.4, 0.5) is 4.79 Å². The fourth-order valence-corrected chi connectivity index (χ4v) is 3.79. The molecule has 0 atom stereocenters. The second-order valence-electron chi connectivity index (χ2n) is 4.78. The van der Waals surface area contributed by atoms with Crippen LogP contribution in [0.2, 0.25) is 0 Å². The molecule has 0 aliphatic rings. The maximum absolute atomic E-state index is 12.6. The van der Waals surface area contributed by atoms with Gasteiger partial charge in [-0.2, -0.15) is 0 Å². The lowest BCUT2D eigenvalue weighted by Gasteiger charge is -2.10. The molecule has 0 radical (unpaired) electrons. The number of carbonyl (C=O) groups is 2. The first-order valence-electron chi connectivity index (χ1n) is 6.77. The summed E-state index contributed by atoms with van der Waals surface area (Å²) in [5, 5.41) is 3.57. The van der Waals surface area contributed by atoms with Crippen molar-refractivity contribution in [2.75, 3.05) is 14.2 Å². The first kappa shape index (κ1) is 19.9. The molecular weight excluding hydrogens is 483 g/mol. The van der Waals surface area contributed by atoms with Gasteiger partial charge < -0.3 is 9.47 Å². The third kappa shape index (κ3) is 3.72. The van der Waals surface area contributed by atoms with Crippen LogP contribution in [0.3, 0.4) is 0 Å². The Morgan fingerprint density at radius 3 is 2.46 bits per heavy atom. The highest BCUT2D eigenvalue weighted by molar-refractivity contribution is 14.1. The number of aromatic nitrogens is 3. The number of ether oxygens (including phenoxy) is 2. The van der Waals surface area contributed by atoms with E-state index in [1.807, 2.05) is 22.6 Å². The zero-order chi connectivity index (χ0) is 19.6. The van der Waals surface area contributed by atoms with E-state index in [0.717, 1.165) is 11.7 Å². The summed E-state index contributed by atoms with van der Waals surface area (Å²) in [6, 6.07) is 2.42. The van der Waals surface area contributed by atoms with Crippen molar-refractivity contribution >= 4 is 44.6 Å². The molecule has 11 nitrogen and oxygen atoms in total. The number of halogens is 1. The summed E-state index contributed by atoms with van der Waals surface area (Å²) in [6.07, 6.45) is 0. The van der Waals surface area contributed by atoms with E-state index in [4.69, 9.17) is 4.74 Å². The molecule has 1 amide bonds. The van der Waals surface area contributed by atoms with Gasteiger partial charge in [-0.1, -0.05) is 0 Å². The second kappa shape index (κ2) is 7.45. The number of sulfonamides is 1. The van der Waals surface area contributed by atoms with Gasteiger partial charge in [-0.3, -0.25) is 0 Å². The number of hydrogen-bond donors (Lipinski definition) is 1. The maximum atomic E-state index is 12.6. The number of nitrogens with zero attached hydrogens (tertiary/aromatic N) is 3. The Kier molecular flexibility index (Phi) is 5.70. The van der Waals surface area contributed by atoms with E-state index >= 15 is 0 Å². The van der Waals surface area contributed by atoms with Crippen LogP contribution < -0.4 is 15.1 Å². The van der Waals surface area contributed by atoms with Crippen molar-refractivity contribution in [1.29, 1.82) is 0 Å². The Hall–Kier alpha value is -2.42. The SMILES string of the molecule is COC(=O)c1ccc(I)cc1S(=O)(=O)NC(=O)n1nc(OC)n(C)c1=O. The van der Waals surface area contributed by atoms with Gasteiger partial charge in [0.1, 0.15) is 4.90 Å². The molecule has 2 aromatic rings. The van der Waals surface area contributed by atoms with Gasteiger partial charge in [0, 0.05) is 10.6 Å². The molecule has 1 heterocycles. The van der Waals surface area contributed by atoms with Crippen molar-refractivity contribution in [2.24, 2.45) is 7.05 Å². The standard InChI is InChI=1S/C13H13IN4O7S/c1-17-12(25-3)15-18(13(17)21)11(20)16-26(22,23)9-6-7(14)4-5-8(9)10(19)24-2/h4-6H,1-3H3,(H,16,20). The van der Waals surface area contributed by atoms with Crippen LogP contribution in [-0.4, -0.2) is 49.0 Å². The van der Waals surface area contributed by atoms with Gasteiger partial charge in [0.25, 0.3) is 10.0 Å². The van der Waals surface area contributed by atoms with E-state index < -0.39 is 32.6 Å². The van der Waals surface area contributed by atoms with Crippen molar-refractivity contribution in [2.45, 2.75) is 4.90 Å². The highest BCUT2D eigenvalue weighted by Crippen LogP contribution is 2.20. The summed E-state index contributed by atoms with van der Waals surface area (Å²) in [6.45, 7) is 0. The minimum absolute atomic E-state index is 0.188. The predicted octanol–water partition coefficient (Wildman–Crippen LogP) is -0.0718. The number of carbonyl (C=O) groups excluding carboxylic acids is 2. The van der Waals surface area contributed by atoms with Crippen LogP contribution in [0.1, 0.15) is 10.4 Å². The van der Waals surface area contributed by atoms with E-state index in [2.05, 4.69) is 9.84 Å². The fourth-order valence-electron chi connectivity index (χ4n) is 1.94. The topological polar surface area (TPSA) is 139 Å². The molecule has 0 aliphatic carbocycles. The molecule has 0 unspecified atom stereocenters. The molecule has 0 saturated heterocycles. The lowest BCUT2D eigenvalue weighted by Crippen LogP contribution is -2.40. The van der Waals surface area contributed by atoms with Crippen LogP contribution in [0.5, 0.6) is 6.01 Å². The zero-order valence-corrected chi connectivity index (χ0v) is 16.7. The summed E-state index contributed by atoms with van der Waals surface area (Å²) in [7, 11) is -0.881. The number of nitrogens with one attached hydrogen (secondary N) is 1. The molecule has 0 bridgehead atoms. The quantitative estimate of drug-likeness (QED) is 0.459. The number of amides is 1. The number of rotatable bonds is 4. The number of methoxy groups -OCH3 is 2. The van der Waals surface area contributed by atoms with Crippen molar-refractivity contribution in [3.8, 4) is 6.01 Å². The number of benzene rings is 1. The van der Waals surface area contributed by atoms with Gasteiger partial charge in [0.15, 0.2) is 0 Å². The van der Waals surface area contributed by atoms with E-state index in [-0.39, 0.29) is 11.6 Å². The summed E-state index contributed by atoms with van der Waals surface area (Å²) in [5.41, 5.74) is -1.18. The molecule has 0 saturated carbocycles. The zero-order valence-electron chi connectivity index (χ0n) is 13.7. The van der Waals surface area contributed by atoms with Crippen LogP contribution in [-0.2, 0) is 21.8 Å². The minimum atomic E-state index is -4.50. The summed E-state index contributed by atoms with van der Waals surface area (Å²) < 4.78 is 37.9. The van der Waals surface area contributed by atoms with Crippen LogP contribution in [0.15, 0.2) is 27.9 Å². The van der Waals surface area contributed by atoms with Gasteiger partial charge >= 0.3 is 23.7 Å². The van der Waals surface area contributed by atoms with E-state index in [1.54, 1.807) is 4.72 Å². The highest BCUT2D eigenvalue weighted by Gasteiger charge is 2.27. The van der Waals surface area contributed by atoms with E-state index in [9.17, 15) is 22.8 Å². The Bertz CT molecular complexity index is 1040. The lowest BCUT2D eigenvalue weighted by molar-refractivity contribution is 0.0596. The summed E-state index contributed by atoms with van der Waals surface area (Å²) in [4.78, 5) is 35.5. The van der Waals surface area contributed by atoms with Crippen molar-refractivity contribution < 1.29 is 27.5 Å². The molecule has 13 heteroatoms. The number of hydrogen-bond acceptors (Lipinski definition) is 8. The molecule has 1 aromatic heterocycles. The second-order valence-corrected chi connectivity index (χ2v) is 7.68. The van der Waals surface area contributed by atoms with Crippen LogP contribution >= 0.6 is 22.6 Å².